The number of aromatic nitrogens is 1. The van der Waals surface area contributed by atoms with Crippen molar-refractivity contribution in [2.24, 2.45) is 0 Å². The Morgan fingerprint density at radius 2 is 1.89 bits per heavy atom. The molecule has 0 saturated carbocycles. The van der Waals surface area contributed by atoms with E-state index < -0.39 is 0 Å². The SMILES string of the molecule is CC(C)(C)NCCc1cccc(N2CCCCC2)n1. The first-order valence-corrected chi connectivity index (χ1v) is 7.50. The molecule has 0 spiro atoms. The lowest BCUT2D eigenvalue weighted by atomic mass is 10.1. The van der Waals surface area contributed by atoms with E-state index in [1.807, 2.05) is 0 Å². The van der Waals surface area contributed by atoms with Gasteiger partial charge in [0.2, 0.25) is 0 Å². The Labute approximate surface area is 117 Å². The smallest absolute Gasteiger partial charge is 0.128 e. The van der Waals surface area contributed by atoms with Crippen LogP contribution in [0.1, 0.15) is 45.7 Å². The lowest BCUT2D eigenvalue weighted by Gasteiger charge is -2.28. The number of nitrogens with one attached hydrogen (secondary N) is 1. The Balaban J connectivity index is 1.91. The first kappa shape index (κ1) is 14.3. The average molecular weight is 261 g/mol. The van der Waals surface area contributed by atoms with Gasteiger partial charge in [-0.15, -0.1) is 0 Å². The average Bonchev–Trinajstić information content (AvgIpc) is 2.39. The largest absolute Gasteiger partial charge is 0.357 e. The zero-order valence-corrected chi connectivity index (χ0v) is 12.6. The molecular formula is C16H27N3. The van der Waals surface area contributed by atoms with Gasteiger partial charge in [0, 0.05) is 37.3 Å². The summed E-state index contributed by atoms with van der Waals surface area (Å²) in [5, 5.41) is 3.52. The van der Waals surface area contributed by atoms with E-state index in [9.17, 15) is 0 Å². The Kier molecular flexibility index (Phi) is 4.81. The van der Waals surface area contributed by atoms with Gasteiger partial charge >= 0.3 is 0 Å². The Bertz CT molecular complexity index is 389. The molecule has 0 unspecified atom stereocenters. The Morgan fingerprint density at radius 1 is 1.16 bits per heavy atom. The van der Waals surface area contributed by atoms with Gasteiger partial charge in [-0.3, -0.25) is 0 Å². The number of piperidine rings is 1. The fraction of sp³-hybridized carbons (Fsp3) is 0.688. The summed E-state index contributed by atoms with van der Waals surface area (Å²) in [4.78, 5) is 7.22. The van der Waals surface area contributed by atoms with Crippen LogP contribution in [0.25, 0.3) is 0 Å². The summed E-state index contributed by atoms with van der Waals surface area (Å²) in [7, 11) is 0. The van der Waals surface area contributed by atoms with Crippen LogP contribution < -0.4 is 10.2 Å². The molecule has 1 N–H and O–H groups in total. The molecule has 1 fully saturated rings. The van der Waals surface area contributed by atoms with Gasteiger partial charge in [-0.1, -0.05) is 6.07 Å². The molecule has 106 valence electrons. The highest BCUT2D eigenvalue weighted by molar-refractivity contribution is 5.39. The number of hydrogen-bond acceptors (Lipinski definition) is 3. The summed E-state index contributed by atoms with van der Waals surface area (Å²) in [6.07, 6.45) is 4.97. The van der Waals surface area contributed by atoms with Crippen LogP contribution in [0, 0.1) is 0 Å². The van der Waals surface area contributed by atoms with E-state index in [-0.39, 0.29) is 5.54 Å². The second-order valence-electron chi connectivity index (χ2n) is 6.46. The van der Waals surface area contributed by atoms with Crippen molar-refractivity contribution in [2.75, 3.05) is 24.5 Å². The zero-order valence-electron chi connectivity index (χ0n) is 12.6. The fourth-order valence-electron chi connectivity index (χ4n) is 2.47. The van der Waals surface area contributed by atoms with E-state index in [0.29, 0.717) is 0 Å². The molecule has 0 amide bonds. The fourth-order valence-corrected chi connectivity index (χ4v) is 2.47. The van der Waals surface area contributed by atoms with E-state index in [1.165, 1.54) is 25.0 Å². The van der Waals surface area contributed by atoms with Gasteiger partial charge in [-0.05, 0) is 52.2 Å². The highest BCUT2D eigenvalue weighted by Gasteiger charge is 2.12. The summed E-state index contributed by atoms with van der Waals surface area (Å²) >= 11 is 0. The van der Waals surface area contributed by atoms with E-state index >= 15 is 0 Å². The number of nitrogens with zero attached hydrogens (tertiary/aromatic N) is 2. The van der Waals surface area contributed by atoms with Gasteiger partial charge < -0.3 is 10.2 Å². The maximum absolute atomic E-state index is 4.80. The number of rotatable bonds is 4. The van der Waals surface area contributed by atoms with Crippen molar-refractivity contribution >= 4 is 5.82 Å². The van der Waals surface area contributed by atoms with Gasteiger partial charge in [-0.2, -0.15) is 0 Å². The molecule has 0 atom stereocenters. The van der Waals surface area contributed by atoms with Crippen molar-refractivity contribution in [1.82, 2.24) is 10.3 Å². The van der Waals surface area contributed by atoms with Gasteiger partial charge in [0.15, 0.2) is 0 Å². The summed E-state index contributed by atoms with van der Waals surface area (Å²) in [5.41, 5.74) is 1.38. The predicted molar refractivity (Wildman–Crippen MR) is 81.8 cm³/mol. The molecule has 2 heterocycles. The van der Waals surface area contributed by atoms with Crippen molar-refractivity contribution in [3.05, 3.63) is 23.9 Å². The monoisotopic (exact) mass is 261 g/mol. The summed E-state index contributed by atoms with van der Waals surface area (Å²) in [6.45, 7) is 9.91. The maximum atomic E-state index is 4.80. The lowest BCUT2D eigenvalue weighted by Crippen LogP contribution is -2.37. The van der Waals surface area contributed by atoms with Crippen molar-refractivity contribution in [1.29, 1.82) is 0 Å². The lowest BCUT2D eigenvalue weighted by molar-refractivity contribution is 0.428. The molecule has 1 saturated heterocycles. The summed E-state index contributed by atoms with van der Waals surface area (Å²) < 4.78 is 0. The molecule has 1 aromatic heterocycles. The standard InChI is InChI=1S/C16H27N3/c1-16(2,3)17-11-10-14-8-7-9-15(18-14)19-12-5-4-6-13-19/h7-9,17H,4-6,10-13H2,1-3H3. The molecule has 0 aliphatic carbocycles. The highest BCUT2D eigenvalue weighted by Crippen LogP contribution is 2.17. The third-order valence-corrected chi connectivity index (χ3v) is 3.51. The van der Waals surface area contributed by atoms with E-state index in [2.05, 4.69) is 49.2 Å². The minimum atomic E-state index is 0.185. The van der Waals surface area contributed by atoms with Crippen LogP contribution in [0.5, 0.6) is 0 Å². The molecule has 0 aromatic carbocycles. The molecule has 0 radical (unpaired) electrons. The van der Waals surface area contributed by atoms with Gasteiger partial charge in [0.1, 0.15) is 5.82 Å². The molecule has 0 bridgehead atoms. The van der Waals surface area contributed by atoms with Gasteiger partial charge in [-0.25, -0.2) is 4.98 Å². The highest BCUT2D eigenvalue weighted by atomic mass is 15.2. The summed E-state index contributed by atoms with van der Waals surface area (Å²) in [5.74, 6) is 1.16. The zero-order chi connectivity index (χ0) is 13.7. The number of anilines is 1. The third kappa shape index (κ3) is 4.83. The Morgan fingerprint density at radius 3 is 2.58 bits per heavy atom. The maximum Gasteiger partial charge on any atom is 0.128 e. The van der Waals surface area contributed by atoms with Crippen molar-refractivity contribution in [2.45, 2.75) is 52.0 Å². The van der Waals surface area contributed by atoms with Crippen molar-refractivity contribution < 1.29 is 0 Å². The first-order chi connectivity index (χ1) is 9.04. The molecule has 3 nitrogen and oxygen atoms in total. The minimum absolute atomic E-state index is 0.185. The molecule has 1 aliphatic rings. The molecule has 2 rings (SSSR count). The number of pyridine rings is 1. The molecular weight excluding hydrogens is 234 g/mol. The minimum Gasteiger partial charge on any atom is -0.357 e. The van der Waals surface area contributed by atoms with Crippen molar-refractivity contribution in [3.8, 4) is 0 Å². The molecule has 19 heavy (non-hydrogen) atoms. The van der Waals surface area contributed by atoms with Crippen LogP contribution >= 0.6 is 0 Å². The predicted octanol–water partition coefficient (Wildman–Crippen LogP) is 3.00. The van der Waals surface area contributed by atoms with Crippen molar-refractivity contribution in [3.63, 3.8) is 0 Å². The molecule has 1 aliphatic heterocycles. The number of hydrogen-bond donors (Lipinski definition) is 1. The molecule has 1 aromatic rings. The Hall–Kier alpha value is -1.09. The third-order valence-electron chi connectivity index (χ3n) is 3.51. The quantitative estimate of drug-likeness (QED) is 0.903. The van der Waals surface area contributed by atoms with Crippen LogP contribution in [-0.2, 0) is 6.42 Å². The van der Waals surface area contributed by atoms with Crippen LogP contribution in [-0.4, -0.2) is 30.2 Å². The first-order valence-electron chi connectivity index (χ1n) is 7.50. The van der Waals surface area contributed by atoms with E-state index in [1.54, 1.807) is 0 Å². The molecule has 3 heteroatoms. The second-order valence-corrected chi connectivity index (χ2v) is 6.46. The van der Waals surface area contributed by atoms with Gasteiger partial charge in [0.05, 0.1) is 0 Å². The second kappa shape index (κ2) is 6.38. The van der Waals surface area contributed by atoms with Crippen LogP contribution in [0.15, 0.2) is 18.2 Å². The topological polar surface area (TPSA) is 28.2 Å². The normalized spacial score (nSPS) is 16.7. The van der Waals surface area contributed by atoms with Crippen LogP contribution in [0.3, 0.4) is 0 Å². The van der Waals surface area contributed by atoms with Crippen LogP contribution in [0.2, 0.25) is 0 Å². The van der Waals surface area contributed by atoms with E-state index in [4.69, 9.17) is 4.98 Å². The van der Waals surface area contributed by atoms with Gasteiger partial charge in [0.25, 0.3) is 0 Å². The summed E-state index contributed by atoms with van der Waals surface area (Å²) in [6, 6.07) is 6.42. The van der Waals surface area contributed by atoms with E-state index in [0.717, 1.165) is 31.9 Å². The van der Waals surface area contributed by atoms with Crippen LogP contribution in [0.4, 0.5) is 5.82 Å².